The molecule has 0 aliphatic rings. The van der Waals surface area contributed by atoms with Crippen LogP contribution in [0.2, 0.25) is 5.02 Å². The molecule has 0 radical (unpaired) electrons. The van der Waals surface area contributed by atoms with E-state index in [2.05, 4.69) is 24.5 Å². The molecule has 0 aliphatic carbocycles. The largest absolute Gasteiger partial charge is 0.451 e. The molecule has 1 amide bonds. The number of nitrogens with one attached hydrogen (secondary N) is 2. The summed E-state index contributed by atoms with van der Waals surface area (Å²) < 4.78 is 5.62. The number of furan rings is 1. The molecule has 0 aliphatic heterocycles. The molecule has 0 atom stereocenters. The van der Waals surface area contributed by atoms with E-state index in [9.17, 15) is 4.79 Å². The van der Waals surface area contributed by atoms with Crippen molar-refractivity contribution in [1.29, 1.82) is 0 Å². The lowest BCUT2D eigenvalue weighted by molar-refractivity contribution is 0.0951. The minimum atomic E-state index is -0.411. The Morgan fingerprint density at radius 3 is 2.30 bits per heavy atom. The second-order valence-electron chi connectivity index (χ2n) is 6.36. The number of anilines is 1. The van der Waals surface area contributed by atoms with Crippen LogP contribution in [-0.2, 0) is 0 Å². The first-order valence-corrected chi connectivity index (χ1v) is 9.29. The Bertz CT molecular complexity index is 947. The van der Waals surface area contributed by atoms with Crippen LogP contribution >= 0.6 is 23.8 Å². The van der Waals surface area contributed by atoms with Gasteiger partial charge in [0.1, 0.15) is 5.76 Å². The summed E-state index contributed by atoms with van der Waals surface area (Å²) in [6.07, 6.45) is 0. The average molecular weight is 399 g/mol. The van der Waals surface area contributed by atoms with Gasteiger partial charge in [0.2, 0.25) is 0 Å². The fourth-order valence-corrected chi connectivity index (χ4v) is 2.84. The molecular weight excluding hydrogens is 380 g/mol. The summed E-state index contributed by atoms with van der Waals surface area (Å²) in [7, 11) is 0. The van der Waals surface area contributed by atoms with Crippen LogP contribution in [0.1, 0.15) is 35.9 Å². The fourth-order valence-electron chi connectivity index (χ4n) is 2.51. The van der Waals surface area contributed by atoms with Crippen molar-refractivity contribution in [3.05, 3.63) is 77.0 Å². The van der Waals surface area contributed by atoms with E-state index in [1.54, 1.807) is 24.3 Å². The first-order chi connectivity index (χ1) is 12.9. The van der Waals surface area contributed by atoms with E-state index < -0.39 is 5.91 Å². The summed E-state index contributed by atoms with van der Waals surface area (Å²) in [4.78, 5) is 12.3. The summed E-state index contributed by atoms with van der Waals surface area (Å²) >= 11 is 11.1. The predicted molar refractivity (Wildman–Crippen MR) is 113 cm³/mol. The summed E-state index contributed by atoms with van der Waals surface area (Å²) in [6, 6.07) is 18.5. The Kier molecular flexibility index (Phi) is 5.94. The molecule has 0 bridgehead atoms. The highest BCUT2D eigenvalue weighted by molar-refractivity contribution is 7.80. The molecule has 0 fully saturated rings. The number of benzene rings is 2. The van der Waals surface area contributed by atoms with Gasteiger partial charge < -0.3 is 9.73 Å². The van der Waals surface area contributed by atoms with Crippen molar-refractivity contribution in [1.82, 2.24) is 5.32 Å². The molecule has 0 saturated heterocycles. The van der Waals surface area contributed by atoms with Crippen molar-refractivity contribution in [2.45, 2.75) is 19.8 Å². The minimum Gasteiger partial charge on any atom is -0.451 e. The number of halogens is 1. The van der Waals surface area contributed by atoms with Gasteiger partial charge in [-0.15, -0.1) is 0 Å². The van der Waals surface area contributed by atoms with Gasteiger partial charge in [-0.1, -0.05) is 37.6 Å². The zero-order valence-electron chi connectivity index (χ0n) is 15.0. The van der Waals surface area contributed by atoms with E-state index >= 15 is 0 Å². The quantitative estimate of drug-likeness (QED) is 0.541. The Morgan fingerprint density at radius 1 is 1.00 bits per heavy atom. The van der Waals surface area contributed by atoms with Crippen molar-refractivity contribution >= 4 is 40.5 Å². The van der Waals surface area contributed by atoms with Crippen molar-refractivity contribution in [3.63, 3.8) is 0 Å². The first kappa shape index (κ1) is 19.1. The van der Waals surface area contributed by atoms with Crippen LogP contribution in [0.4, 0.5) is 5.69 Å². The minimum absolute atomic E-state index is 0.180. The van der Waals surface area contributed by atoms with Gasteiger partial charge in [-0.05, 0) is 72.2 Å². The maximum absolute atomic E-state index is 12.3. The number of carbonyl (C=O) groups is 1. The molecular formula is C21H19ClN2O2S. The number of rotatable bonds is 4. The third-order valence-corrected chi connectivity index (χ3v) is 4.48. The molecule has 4 nitrogen and oxygen atoms in total. The standard InChI is InChI=1S/C21H19ClN2O2S/c1-13(2)14-5-9-17(10-6-14)23-21(27)24-20(25)19-12-11-18(26-19)15-3-7-16(22)8-4-15/h3-13H,1-2H3,(H2,23,24,25,27). The van der Waals surface area contributed by atoms with Crippen molar-refractivity contribution in [2.75, 3.05) is 5.32 Å². The molecule has 1 aromatic heterocycles. The average Bonchev–Trinajstić information content (AvgIpc) is 3.13. The second kappa shape index (κ2) is 8.37. The Balaban J connectivity index is 1.61. The fraction of sp³-hybridized carbons (Fsp3) is 0.143. The van der Waals surface area contributed by atoms with Gasteiger partial charge in [0.25, 0.3) is 5.91 Å². The third kappa shape index (κ3) is 4.96. The highest BCUT2D eigenvalue weighted by atomic mass is 35.5. The Hall–Kier alpha value is -2.63. The van der Waals surface area contributed by atoms with Gasteiger partial charge in [0.05, 0.1) is 0 Å². The Morgan fingerprint density at radius 2 is 1.67 bits per heavy atom. The Labute approximate surface area is 168 Å². The lowest BCUT2D eigenvalue weighted by atomic mass is 10.0. The number of hydrogen-bond acceptors (Lipinski definition) is 3. The molecule has 27 heavy (non-hydrogen) atoms. The van der Waals surface area contributed by atoms with Gasteiger partial charge in [-0.25, -0.2) is 0 Å². The monoisotopic (exact) mass is 398 g/mol. The molecule has 2 aromatic carbocycles. The maximum atomic E-state index is 12.3. The van der Waals surface area contributed by atoms with Crippen LogP contribution in [0.25, 0.3) is 11.3 Å². The topological polar surface area (TPSA) is 54.3 Å². The molecule has 3 aromatic rings. The zero-order valence-corrected chi connectivity index (χ0v) is 16.5. The van der Waals surface area contributed by atoms with Gasteiger partial charge in [0.15, 0.2) is 10.9 Å². The summed E-state index contributed by atoms with van der Waals surface area (Å²) in [5.74, 6) is 0.810. The summed E-state index contributed by atoms with van der Waals surface area (Å²) in [5.41, 5.74) is 2.89. The normalized spacial score (nSPS) is 10.7. The molecule has 2 N–H and O–H groups in total. The highest BCUT2D eigenvalue weighted by Gasteiger charge is 2.14. The molecule has 1 heterocycles. The molecule has 3 rings (SSSR count). The summed E-state index contributed by atoms with van der Waals surface area (Å²) in [5, 5.41) is 6.47. The molecule has 0 spiro atoms. The van der Waals surface area contributed by atoms with Crippen LogP contribution < -0.4 is 10.6 Å². The van der Waals surface area contributed by atoms with Crippen LogP contribution in [-0.4, -0.2) is 11.0 Å². The number of thiocarbonyl (C=S) groups is 1. The zero-order chi connectivity index (χ0) is 19.4. The summed E-state index contributed by atoms with van der Waals surface area (Å²) in [6.45, 7) is 4.27. The van der Waals surface area contributed by atoms with Crippen molar-refractivity contribution in [3.8, 4) is 11.3 Å². The molecule has 6 heteroatoms. The molecule has 0 saturated carbocycles. The SMILES string of the molecule is CC(C)c1ccc(NC(=S)NC(=O)c2ccc(-c3ccc(Cl)cc3)o2)cc1. The van der Waals surface area contributed by atoms with Crippen molar-refractivity contribution in [2.24, 2.45) is 0 Å². The van der Waals surface area contributed by atoms with Crippen LogP contribution in [0.3, 0.4) is 0 Å². The predicted octanol–water partition coefficient (Wildman–Crippen LogP) is 5.85. The van der Waals surface area contributed by atoms with E-state index in [0.29, 0.717) is 16.7 Å². The van der Waals surface area contributed by atoms with Crippen LogP contribution in [0.5, 0.6) is 0 Å². The molecule has 138 valence electrons. The van der Waals surface area contributed by atoms with E-state index in [-0.39, 0.29) is 10.9 Å². The van der Waals surface area contributed by atoms with Gasteiger partial charge in [-0.2, -0.15) is 0 Å². The van der Waals surface area contributed by atoms with Crippen molar-refractivity contribution < 1.29 is 9.21 Å². The number of amides is 1. The van der Waals surface area contributed by atoms with Gasteiger partial charge in [0, 0.05) is 16.3 Å². The third-order valence-electron chi connectivity index (χ3n) is 4.02. The van der Waals surface area contributed by atoms with E-state index in [1.165, 1.54) is 5.56 Å². The van der Waals surface area contributed by atoms with Crippen LogP contribution in [0.15, 0.2) is 65.1 Å². The second-order valence-corrected chi connectivity index (χ2v) is 7.20. The highest BCUT2D eigenvalue weighted by Crippen LogP contribution is 2.24. The number of hydrogen-bond donors (Lipinski definition) is 2. The number of carbonyl (C=O) groups excluding carboxylic acids is 1. The smallest absolute Gasteiger partial charge is 0.293 e. The van der Waals surface area contributed by atoms with Gasteiger partial charge in [-0.3, -0.25) is 10.1 Å². The lowest BCUT2D eigenvalue weighted by Gasteiger charge is -2.10. The van der Waals surface area contributed by atoms with E-state index in [0.717, 1.165) is 11.3 Å². The maximum Gasteiger partial charge on any atom is 0.293 e. The lowest BCUT2D eigenvalue weighted by Crippen LogP contribution is -2.33. The first-order valence-electron chi connectivity index (χ1n) is 8.50. The van der Waals surface area contributed by atoms with Gasteiger partial charge >= 0.3 is 0 Å². The molecule has 0 unspecified atom stereocenters. The van der Waals surface area contributed by atoms with E-state index in [4.69, 9.17) is 28.2 Å². The van der Waals surface area contributed by atoms with Crippen LogP contribution in [0, 0.1) is 0 Å². The van der Waals surface area contributed by atoms with E-state index in [1.807, 2.05) is 36.4 Å².